The molecule has 0 bridgehead atoms. The number of rotatable bonds is 8. The molecule has 2 fully saturated rings. The Bertz CT molecular complexity index is 759. The lowest BCUT2D eigenvalue weighted by Crippen LogP contribution is -2.51. The van der Waals surface area contributed by atoms with Crippen LogP contribution in [-0.2, 0) is 22.4 Å². The van der Waals surface area contributed by atoms with E-state index in [2.05, 4.69) is 22.8 Å². The van der Waals surface area contributed by atoms with Gasteiger partial charge in [-0.15, -0.1) is 0 Å². The number of pyridine rings is 1. The molecular weight excluding hydrogens is 380 g/mol. The standard InChI is InChI=1S/C23H34N4O3/c1-16(25-23(29)30-15-17-4-2-5-17)12-21(28)27-13-18(14-27)7-9-20-10-8-19-6-3-11-24-22(19)26-20/h8,10,16-18H,2-7,9,11-15H2,1H3,(H,24,26)(H,25,29)/t16-/m1/s1. The van der Waals surface area contributed by atoms with Gasteiger partial charge in [-0.2, -0.15) is 0 Å². The average molecular weight is 415 g/mol. The number of ether oxygens (including phenoxy) is 1. The molecule has 2 N–H and O–H groups in total. The van der Waals surface area contributed by atoms with Crippen LogP contribution in [0.2, 0.25) is 0 Å². The Kier molecular flexibility index (Phi) is 6.75. The van der Waals surface area contributed by atoms with Crippen molar-refractivity contribution in [2.75, 3.05) is 31.6 Å². The van der Waals surface area contributed by atoms with Gasteiger partial charge in [0, 0.05) is 37.8 Å². The van der Waals surface area contributed by atoms with Gasteiger partial charge in [0.05, 0.1) is 6.61 Å². The highest BCUT2D eigenvalue weighted by molar-refractivity contribution is 5.78. The number of nitrogens with zero attached hydrogens (tertiary/aromatic N) is 2. The van der Waals surface area contributed by atoms with Gasteiger partial charge in [0.15, 0.2) is 0 Å². The fraction of sp³-hybridized carbons (Fsp3) is 0.696. The summed E-state index contributed by atoms with van der Waals surface area (Å²) in [6.45, 7) is 4.97. The van der Waals surface area contributed by atoms with Crippen LogP contribution < -0.4 is 10.6 Å². The first-order valence-electron chi connectivity index (χ1n) is 11.5. The number of fused-ring (bicyclic) bond motifs is 1. The first-order valence-corrected chi connectivity index (χ1v) is 11.5. The summed E-state index contributed by atoms with van der Waals surface area (Å²) in [5.74, 6) is 2.22. The number of hydrogen-bond donors (Lipinski definition) is 2. The van der Waals surface area contributed by atoms with Crippen LogP contribution in [0.3, 0.4) is 0 Å². The molecule has 1 aromatic heterocycles. The quantitative estimate of drug-likeness (QED) is 0.683. The lowest BCUT2D eigenvalue weighted by Gasteiger charge is -2.40. The van der Waals surface area contributed by atoms with Crippen LogP contribution in [0.25, 0.3) is 0 Å². The van der Waals surface area contributed by atoms with Crippen molar-refractivity contribution in [3.8, 4) is 0 Å². The average Bonchev–Trinajstić information content (AvgIpc) is 2.65. The van der Waals surface area contributed by atoms with Crippen molar-refractivity contribution in [3.05, 3.63) is 23.4 Å². The van der Waals surface area contributed by atoms with E-state index in [1.807, 2.05) is 11.8 Å². The fourth-order valence-electron chi connectivity index (χ4n) is 4.35. The first-order chi connectivity index (χ1) is 14.6. The molecule has 0 radical (unpaired) electrons. The number of anilines is 1. The second-order valence-electron chi connectivity index (χ2n) is 9.19. The Hall–Kier alpha value is -2.31. The van der Waals surface area contributed by atoms with E-state index in [0.29, 0.717) is 24.9 Å². The SMILES string of the molecule is C[C@H](CC(=O)N1CC(CCc2ccc3c(n2)NCCC3)C1)NC(=O)OCC1CCC1. The van der Waals surface area contributed by atoms with Crippen LogP contribution >= 0.6 is 0 Å². The van der Waals surface area contributed by atoms with Crippen LogP contribution in [-0.4, -0.2) is 54.2 Å². The third-order valence-electron chi connectivity index (χ3n) is 6.59. The summed E-state index contributed by atoms with van der Waals surface area (Å²) >= 11 is 0. The van der Waals surface area contributed by atoms with Crippen molar-refractivity contribution in [1.82, 2.24) is 15.2 Å². The minimum Gasteiger partial charge on any atom is -0.449 e. The maximum atomic E-state index is 12.4. The molecule has 1 atom stereocenters. The monoisotopic (exact) mass is 414 g/mol. The van der Waals surface area contributed by atoms with Gasteiger partial charge >= 0.3 is 6.09 Å². The number of hydrogen-bond acceptors (Lipinski definition) is 5. The predicted octanol–water partition coefficient (Wildman–Crippen LogP) is 3.14. The molecule has 4 rings (SSSR count). The Morgan fingerprint density at radius 2 is 2.10 bits per heavy atom. The van der Waals surface area contributed by atoms with Crippen LogP contribution in [0.5, 0.6) is 0 Å². The summed E-state index contributed by atoms with van der Waals surface area (Å²) in [5, 5.41) is 6.17. The predicted molar refractivity (Wildman–Crippen MR) is 115 cm³/mol. The van der Waals surface area contributed by atoms with E-state index in [1.54, 1.807) is 0 Å². The summed E-state index contributed by atoms with van der Waals surface area (Å²) in [4.78, 5) is 30.9. The fourth-order valence-corrected chi connectivity index (χ4v) is 4.35. The molecule has 2 amide bonds. The van der Waals surface area contributed by atoms with Gasteiger partial charge in [-0.25, -0.2) is 9.78 Å². The number of carbonyl (C=O) groups excluding carboxylic acids is 2. The second kappa shape index (κ2) is 9.67. The zero-order valence-corrected chi connectivity index (χ0v) is 18.0. The van der Waals surface area contributed by atoms with Crippen molar-refractivity contribution < 1.29 is 14.3 Å². The summed E-state index contributed by atoms with van der Waals surface area (Å²) in [6, 6.07) is 4.13. The number of nitrogens with one attached hydrogen (secondary N) is 2. The molecule has 0 aromatic carbocycles. The Morgan fingerprint density at radius 3 is 2.87 bits per heavy atom. The molecule has 1 aromatic rings. The Labute approximate surface area is 178 Å². The van der Waals surface area contributed by atoms with Gasteiger partial charge in [-0.3, -0.25) is 4.79 Å². The number of carbonyl (C=O) groups is 2. The van der Waals surface area contributed by atoms with Gasteiger partial charge in [0.25, 0.3) is 0 Å². The molecule has 0 spiro atoms. The lowest BCUT2D eigenvalue weighted by molar-refractivity contribution is -0.138. The third-order valence-corrected chi connectivity index (χ3v) is 6.59. The molecule has 3 aliphatic rings. The molecule has 1 aliphatic carbocycles. The number of amides is 2. The normalized spacial score (nSPS) is 19.7. The minimum absolute atomic E-state index is 0.106. The highest BCUT2D eigenvalue weighted by Gasteiger charge is 2.31. The van der Waals surface area contributed by atoms with E-state index in [0.717, 1.165) is 63.3 Å². The van der Waals surface area contributed by atoms with E-state index in [4.69, 9.17) is 9.72 Å². The highest BCUT2D eigenvalue weighted by atomic mass is 16.5. The van der Waals surface area contributed by atoms with Gasteiger partial charge in [0.1, 0.15) is 5.82 Å². The van der Waals surface area contributed by atoms with Gasteiger partial charge < -0.3 is 20.3 Å². The summed E-state index contributed by atoms with van der Waals surface area (Å²) in [5.41, 5.74) is 2.45. The zero-order chi connectivity index (χ0) is 20.9. The van der Waals surface area contributed by atoms with Crippen molar-refractivity contribution in [3.63, 3.8) is 0 Å². The van der Waals surface area contributed by atoms with Crippen molar-refractivity contribution in [2.45, 2.75) is 64.3 Å². The molecule has 7 heteroatoms. The van der Waals surface area contributed by atoms with E-state index in [-0.39, 0.29) is 11.9 Å². The molecular formula is C23H34N4O3. The summed E-state index contributed by atoms with van der Waals surface area (Å²) < 4.78 is 5.24. The molecule has 3 heterocycles. The van der Waals surface area contributed by atoms with E-state index >= 15 is 0 Å². The lowest BCUT2D eigenvalue weighted by atomic mass is 9.86. The zero-order valence-electron chi connectivity index (χ0n) is 18.0. The number of aryl methyl sites for hydroxylation is 2. The Morgan fingerprint density at radius 1 is 1.27 bits per heavy atom. The van der Waals surface area contributed by atoms with Gasteiger partial charge in [-0.1, -0.05) is 12.5 Å². The van der Waals surface area contributed by atoms with Gasteiger partial charge in [-0.05, 0) is 68.9 Å². The summed E-state index contributed by atoms with van der Waals surface area (Å²) in [7, 11) is 0. The topological polar surface area (TPSA) is 83.6 Å². The molecule has 7 nitrogen and oxygen atoms in total. The molecule has 2 aliphatic heterocycles. The molecule has 0 unspecified atom stereocenters. The highest BCUT2D eigenvalue weighted by Crippen LogP contribution is 2.26. The third kappa shape index (κ3) is 5.43. The summed E-state index contributed by atoms with van der Waals surface area (Å²) in [6.07, 6.45) is 7.74. The van der Waals surface area contributed by atoms with Gasteiger partial charge in [0.2, 0.25) is 5.91 Å². The number of alkyl carbamates (subject to hydrolysis) is 1. The molecule has 1 saturated heterocycles. The minimum atomic E-state index is -0.407. The molecule has 30 heavy (non-hydrogen) atoms. The van der Waals surface area contributed by atoms with E-state index < -0.39 is 6.09 Å². The van der Waals surface area contributed by atoms with Crippen LogP contribution in [0.15, 0.2) is 12.1 Å². The second-order valence-corrected chi connectivity index (χ2v) is 9.19. The molecule has 164 valence electrons. The maximum absolute atomic E-state index is 12.4. The molecule has 1 saturated carbocycles. The van der Waals surface area contributed by atoms with Crippen molar-refractivity contribution >= 4 is 17.8 Å². The number of aromatic nitrogens is 1. The van der Waals surface area contributed by atoms with Crippen LogP contribution in [0, 0.1) is 11.8 Å². The smallest absolute Gasteiger partial charge is 0.407 e. The maximum Gasteiger partial charge on any atom is 0.407 e. The number of likely N-dealkylation sites (tertiary alicyclic amines) is 1. The Balaban J connectivity index is 1.11. The van der Waals surface area contributed by atoms with Crippen LogP contribution in [0.4, 0.5) is 10.6 Å². The first kappa shape index (κ1) is 20.9. The van der Waals surface area contributed by atoms with Crippen LogP contribution in [0.1, 0.15) is 56.7 Å². The van der Waals surface area contributed by atoms with E-state index in [1.165, 1.54) is 18.4 Å². The van der Waals surface area contributed by atoms with E-state index in [9.17, 15) is 9.59 Å². The van der Waals surface area contributed by atoms with Crippen molar-refractivity contribution in [1.29, 1.82) is 0 Å². The largest absolute Gasteiger partial charge is 0.449 e. The van der Waals surface area contributed by atoms with Crippen molar-refractivity contribution in [2.24, 2.45) is 11.8 Å².